The summed E-state index contributed by atoms with van der Waals surface area (Å²) in [4.78, 5) is 25.2. The van der Waals surface area contributed by atoms with Crippen LogP contribution in [0.25, 0.3) is 54.2 Å². The first-order valence-corrected chi connectivity index (χ1v) is 14.9. The molecule has 6 heteroatoms. The van der Waals surface area contributed by atoms with Gasteiger partial charge in [0.15, 0.2) is 13.2 Å². The summed E-state index contributed by atoms with van der Waals surface area (Å²) >= 11 is 0. The summed E-state index contributed by atoms with van der Waals surface area (Å²) in [6.45, 7) is 7.68. The maximum absolute atomic E-state index is 12.6. The van der Waals surface area contributed by atoms with Gasteiger partial charge in [0.25, 0.3) is 0 Å². The molecule has 0 unspecified atom stereocenters. The van der Waals surface area contributed by atoms with Crippen LogP contribution in [-0.4, -0.2) is 38.4 Å². The highest BCUT2D eigenvalue weighted by Crippen LogP contribution is 2.52. The van der Waals surface area contributed by atoms with Crippen LogP contribution >= 0.6 is 0 Å². The molecule has 0 saturated heterocycles. The van der Waals surface area contributed by atoms with Gasteiger partial charge in [0.05, 0.1) is 13.2 Å². The van der Waals surface area contributed by atoms with Gasteiger partial charge in [0, 0.05) is 21.9 Å². The van der Waals surface area contributed by atoms with Gasteiger partial charge < -0.3 is 18.9 Å². The van der Waals surface area contributed by atoms with E-state index in [2.05, 4.69) is 62.4 Å². The molecule has 0 aromatic heterocycles. The van der Waals surface area contributed by atoms with Crippen molar-refractivity contribution in [3.63, 3.8) is 0 Å². The van der Waals surface area contributed by atoms with Gasteiger partial charge in [0.2, 0.25) is 0 Å². The molecule has 0 aliphatic carbocycles. The van der Waals surface area contributed by atoms with Crippen LogP contribution in [0.1, 0.15) is 25.0 Å². The first kappa shape index (κ1) is 29.0. The minimum Gasteiger partial charge on any atom is -0.481 e. The Hall–Kier alpha value is -5.10. The number of carbonyl (C=O) groups is 2. The monoisotopic (exact) mass is 586 g/mol. The highest BCUT2D eigenvalue weighted by atomic mass is 16.6. The Morgan fingerprint density at radius 3 is 1.27 bits per heavy atom. The molecule has 0 bridgehead atoms. The molecule has 222 valence electrons. The molecular formula is C38H34O6. The summed E-state index contributed by atoms with van der Waals surface area (Å²) in [7, 11) is 0. The highest BCUT2D eigenvalue weighted by Gasteiger charge is 2.26. The second-order valence-corrected chi connectivity index (χ2v) is 10.8. The summed E-state index contributed by atoms with van der Waals surface area (Å²) in [5.74, 6) is 0.180. The number of esters is 2. The summed E-state index contributed by atoms with van der Waals surface area (Å²) in [6.07, 6.45) is 0. The molecule has 6 nitrogen and oxygen atoms in total. The van der Waals surface area contributed by atoms with Crippen LogP contribution in [0.5, 0.6) is 11.5 Å². The Morgan fingerprint density at radius 1 is 0.500 bits per heavy atom. The molecule has 0 spiro atoms. The summed E-state index contributed by atoms with van der Waals surface area (Å²) < 4.78 is 23.4. The van der Waals surface area contributed by atoms with Crippen LogP contribution < -0.4 is 9.47 Å². The molecule has 6 aromatic rings. The topological polar surface area (TPSA) is 71.1 Å². The number of hydrogen-bond donors (Lipinski definition) is 0. The predicted molar refractivity (Wildman–Crippen MR) is 176 cm³/mol. The minimum absolute atomic E-state index is 0.257. The van der Waals surface area contributed by atoms with Gasteiger partial charge in [0.1, 0.15) is 11.5 Å². The lowest BCUT2D eigenvalue weighted by atomic mass is 9.86. The van der Waals surface area contributed by atoms with Crippen molar-refractivity contribution >= 4 is 55.0 Å². The maximum atomic E-state index is 12.6. The van der Waals surface area contributed by atoms with E-state index in [1.807, 2.05) is 36.4 Å². The Balaban J connectivity index is 1.78. The molecule has 0 saturated carbocycles. The lowest BCUT2D eigenvalue weighted by molar-refractivity contribution is -0.146. The fraction of sp³-hybridized carbons (Fsp3) is 0.211. The van der Waals surface area contributed by atoms with E-state index in [1.165, 1.54) is 0 Å². The molecule has 0 amide bonds. The average molecular weight is 587 g/mol. The van der Waals surface area contributed by atoms with Crippen molar-refractivity contribution in [3.8, 4) is 22.6 Å². The number of ether oxygens (including phenoxy) is 4. The van der Waals surface area contributed by atoms with Crippen LogP contribution in [0.3, 0.4) is 0 Å². The number of hydrogen-bond acceptors (Lipinski definition) is 6. The molecule has 0 atom stereocenters. The first-order valence-electron chi connectivity index (χ1n) is 14.9. The fourth-order valence-electron chi connectivity index (χ4n) is 6.01. The maximum Gasteiger partial charge on any atom is 0.344 e. The predicted octanol–water partition coefficient (Wildman–Crippen LogP) is 8.47. The number of rotatable bonds is 9. The standard InChI is InChI=1S/C38H34O6/c1-5-41-33(39)21-43-37-29-13-9-7-11-25(29)31-19-23(3)15-17-27(31)35(37)36-28-18-16-24(4)20-32(28)26-12-8-10-14-30(26)38(36)44-22-34(40)42-6-2/h7-20H,5-6,21-22H2,1-4H3. The van der Waals surface area contributed by atoms with Gasteiger partial charge in [-0.15, -0.1) is 0 Å². The largest absolute Gasteiger partial charge is 0.481 e. The van der Waals surface area contributed by atoms with Crippen LogP contribution in [0, 0.1) is 13.8 Å². The molecule has 0 radical (unpaired) electrons. The Labute approximate surface area is 256 Å². The van der Waals surface area contributed by atoms with Gasteiger partial charge in [-0.3, -0.25) is 0 Å². The van der Waals surface area contributed by atoms with E-state index < -0.39 is 11.9 Å². The molecule has 6 rings (SSSR count). The van der Waals surface area contributed by atoms with Crippen molar-refractivity contribution in [1.29, 1.82) is 0 Å². The molecule has 0 heterocycles. The number of aryl methyl sites for hydroxylation is 2. The minimum atomic E-state index is -0.454. The van der Waals surface area contributed by atoms with Crippen LogP contribution in [0.2, 0.25) is 0 Å². The van der Waals surface area contributed by atoms with Crippen LogP contribution in [-0.2, 0) is 19.1 Å². The van der Waals surface area contributed by atoms with Gasteiger partial charge in [-0.1, -0.05) is 96.1 Å². The number of benzene rings is 6. The lowest BCUT2D eigenvalue weighted by Crippen LogP contribution is -2.16. The Kier molecular flexibility index (Phi) is 8.07. The zero-order valence-electron chi connectivity index (χ0n) is 25.4. The third kappa shape index (κ3) is 5.28. The zero-order valence-corrected chi connectivity index (χ0v) is 25.4. The number of fused-ring (bicyclic) bond motifs is 6. The first-order chi connectivity index (χ1) is 21.4. The van der Waals surface area contributed by atoms with Gasteiger partial charge >= 0.3 is 11.9 Å². The van der Waals surface area contributed by atoms with Crippen LogP contribution in [0.15, 0.2) is 84.9 Å². The number of carbonyl (C=O) groups excluding carboxylic acids is 2. The second kappa shape index (κ2) is 12.3. The Morgan fingerprint density at radius 2 is 0.886 bits per heavy atom. The molecule has 0 N–H and O–H groups in total. The zero-order chi connectivity index (χ0) is 30.8. The lowest BCUT2D eigenvalue weighted by Gasteiger charge is -2.23. The third-order valence-electron chi connectivity index (χ3n) is 7.80. The van der Waals surface area contributed by atoms with E-state index in [4.69, 9.17) is 18.9 Å². The van der Waals surface area contributed by atoms with Crippen molar-refractivity contribution in [3.05, 3.63) is 96.1 Å². The third-order valence-corrected chi connectivity index (χ3v) is 7.80. The van der Waals surface area contributed by atoms with Gasteiger partial charge in [-0.2, -0.15) is 0 Å². The van der Waals surface area contributed by atoms with Crippen molar-refractivity contribution in [2.75, 3.05) is 26.4 Å². The summed E-state index contributed by atoms with van der Waals surface area (Å²) in [5.41, 5.74) is 3.79. The second-order valence-electron chi connectivity index (χ2n) is 10.8. The quantitative estimate of drug-likeness (QED) is 0.125. The highest BCUT2D eigenvalue weighted by molar-refractivity contribution is 6.25. The van der Waals surface area contributed by atoms with E-state index >= 15 is 0 Å². The molecule has 0 fully saturated rings. The molecule has 6 aromatic carbocycles. The van der Waals surface area contributed by atoms with E-state index in [0.717, 1.165) is 65.3 Å². The SMILES string of the molecule is CCOC(=O)COc1c(-c2c(OCC(=O)OCC)c3ccccc3c3cc(C)ccc23)c2ccc(C)cc2c2ccccc12. The molecule has 0 aliphatic rings. The summed E-state index contributed by atoms with van der Waals surface area (Å²) in [6, 6.07) is 28.7. The van der Waals surface area contributed by atoms with Crippen molar-refractivity contribution in [2.45, 2.75) is 27.7 Å². The van der Waals surface area contributed by atoms with Crippen LogP contribution in [0.4, 0.5) is 0 Å². The van der Waals surface area contributed by atoms with Crippen molar-refractivity contribution < 1.29 is 28.5 Å². The van der Waals surface area contributed by atoms with Gasteiger partial charge in [-0.05, 0) is 60.0 Å². The van der Waals surface area contributed by atoms with E-state index in [9.17, 15) is 9.59 Å². The smallest absolute Gasteiger partial charge is 0.344 e. The molecule has 44 heavy (non-hydrogen) atoms. The molecule has 0 aliphatic heterocycles. The Bertz CT molecular complexity index is 1910. The summed E-state index contributed by atoms with van der Waals surface area (Å²) in [5, 5.41) is 7.68. The van der Waals surface area contributed by atoms with E-state index in [1.54, 1.807) is 13.8 Å². The fourth-order valence-corrected chi connectivity index (χ4v) is 6.01. The molecular weight excluding hydrogens is 552 g/mol. The van der Waals surface area contributed by atoms with E-state index in [0.29, 0.717) is 11.5 Å². The van der Waals surface area contributed by atoms with E-state index in [-0.39, 0.29) is 26.4 Å². The average Bonchev–Trinajstić information content (AvgIpc) is 3.03. The van der Waals surface area contributed by atoms with Crippen molar-refractivity contribution in [2.24, 2.45) is 0 Å². The van der Waals surface area contributed by atoms with Crippen molar-refractivity contribution in [1.82, 2.24) is 0 Å². The normalized spacial score (nSPS) is 11.3. The van der Waals surface area contributed by atoms with Gasteiger partial charge in [-0.25, -0.2) is 9.59 Å².